The van der Waals surface area contributed by atoms with Crippen molar-refractivity contribution in [2.45, 2.75) is 12.8 Å². The van der Waals surface area contributed by atoms with Crippen molar-refractivity contribution in [3.63, 3.8) is 0 Å². The van der Waals surface area contributed by atoms with Crippen LogP contribution in [-0.2, 0) is 12.8 Å². The lowest BCUT2D eigenvalue weighted by molar-refractivity contribution is 0.0953. The molecule has 4 aromatic carbocycles. The highest BCUT2D eigenvalue weighted by Gasteiger charge is 2.06. The molecule has 4 nitrogen and oxygen atoms in total. The minimum absolute atomic E-state index is 0.0174. The van der Waals surface area contributed by atoms with Crippen LogP contribution in [0.1, 0.15) is 30.5 Å². The Bertz CT molecular complexity index is 1690. The summed E-state index contributed by atoms with van der Waals surface area (Å²) in [5.41, 5.74) is 11.0. The van der Waals surface area contributed by atoms with Gasteiger partial charge in [-0.2, -0.15) is 0 Å². The fourth-order valence-corrected chi connectivity index (χ4v) is 5.88. The maximum Gasteiger partial charge on any atom is 0.252 e. The number of hydrogen-bond donors (Lipinski definition) is 2. The molecule has 0 saturated carbocycles. The van der Waals surface area contributed by atoms with E-state index in [2.05, 4.69) is 46.4 Å². The molecule has 7 heteroatoms. The lowest BCUT2D eigenvalue weighted by Gasteiger charge is -2.06. The maximum absolute atomic E-state index is 12.1. The van der Waals surface area contributed by atoms with Gasteiger partial charge in [0.2, 0.25) is 0 Å². The van der Waals surface area contributed by atoms with E-state index >= 15 is 0 Å². The monoisotopic (exact) mass is 650 g/mol. The van der Waals surface area contributed by atoms with Crippen LogP contribution in [-0.4, -0.2) is 24.2 Å². The van der Waals surface area contributed by atoms with Gasteiger partial charge < -0.3 is 11.1 Å². The minimum atomic E-state index is -0.422. The highest BCUT2D eigenvalue weighted by atomic mass is 35.5. The van der Waals surface area contributed by atoms with Gasteiger partial charge >= 0.3 is 0 Å². The largest absolute Gasteiger partial charge is 0.352 e. The number of hydrogen-bond acceptors (Lipinski definition) is 5. The molecule has 0 aliphatic carbocycles. The summed E-state index contributed by atoms with van der Waals surface area (Å²) in [6.45, 7) is 1.43. The minimum Gasteiger partial charge on any atom is -0.352 e. The van der Waals surface area contributed by atoms with Crippen molar-refractivity contribution < 1.29 is 9.59 Å². The Hall–Kier alpha value is -4.33. The fourth-order valence-electron chi connectivity index (χ4n) is 4.32. The van der Waals surface area contributed by atoms with Gasteiger partial charge in [-0.3, -0.25) is 9.59 Å². The predicted octanol–water partition coefficient (Wildman–Crippen LogP) is 9.37. The molecule has 228 valence electrons. The molecule has 6 aromatic rings. The molecular formula is C38H35ClN2O2S2. The number of benzene rings is 4. The molecule has 3 N–H and O–H groups in total. The molecule has 0 aliphatic heterocycles. The number of rotatable bonds is 9. The van der Waals surface area contributed by atoms with Crippen LogP contribution in [0.5, 0.6) is 0 Å². The highest BCUT2D eigenvalue weighted by molar-refractivity contribution is 7.10. The second-order valence-electron chi connectivity index (χ2n) is 9.86. The number of thiophene rings is 2. The van der Waals surface area contributed by atoms with Gasteiger partial charge in [0.15, 0.2) is 0 Å². The molecule has 0 atom stereocenters. The van der Waals surface area contributed by atoms with Gasteiger partial charge in [0.1, 0.15) is 0 Å². The topological polar surface area (TPSA) is 72.2 Å². The third-order valence-electron chi connectivity index (χ3n) is 6.68. The van der Waals surface area contributed by atoms with Crippen LogP contribution in [0.4, 0.5) is 0 Å². The van der Waals surface area contributed by atoms with Crippen molar-refractivity contribution in [1.82, 2.24) is 5.32 Å². The number of nitrogens with two attached hydrogens (primary N) is 1. The van der Waals surface area contributed by atoms with E-state index in [-0.39, 0.29) is 5.91 Å². The molecule has 0 aliphatic rings. The maximum atomic E-state index is 12.1. The average molecular weight is 651 g/mol. The van der Waals surface area contributed by atoms with E-state index in [1.165, 1.54) is 9.75 Å². The summed E-state index contributed by atoms with van der Waals surface area (Å²) in [7, 11) is 0. The standard InChI is InChI=1S/C19H17NOS.C13H9ClO.C6H9NS/c21-19(20-13-12-18-7-4-14-22-18)17-10-8-16(9-11-17)15-5-2-1-3-6-15;14-13(15)12-8-6-11(7-9-12)10-4-2-1-3-5-10;7-4-3-6-2-1-5-8-6/h1-11,14H,12-13H2,(H,20,21);1-9H;1-2,5H,3-4,7H2. The smallest absolute Gasteiger partial charge is 0.252 e. The number of carbonyl (C=O) groups is 2. The van der Waals surface area contributed by atoms with Gasteiger partial charge in [0.05, 0.1) is 0 Å². The fraction of sp³-hybridized carbons (Fsp3) is 0.105. The van der Waals surface area contributed by atoms with Crippen molar-refractivity contribution in [1.29, 1.82) is 0 Å². The van der Waals surface area contributed by atoms with Gasteiger partial charge in [-0.25, -0.2) is 0 Å². The summed E-state index contributed by atoms with van der Waals surface area (Å²) in [5.74, 6) is -0.0174. The van der Waals surface area contributed by atoms with E-state index < -0.39 is 5.24 Å². The van der Waals surface area contributed by atoms with Gasteiger partial charge in [-0.1, -0.05) is 97.1 Å². The molecule has 0 unspecified atom stereocenters. The van der Waals surface area contributed by atoms with E-state index in [0.717, 1.165) is 41.6 Å². The first-order chi connectivity index (χ1) is 22.0. The van der Waals surface area contributed by atoms with Gasteiger partial charge in [-0.05, 0) is 100 Å². The summed E-state index contributed by atoms with van der Waals surface area (Å²) in [6.07, 6.45) is 1.91. The predicted molar refractivity (Wildman–Crippen MR) is 191 cm³/mol. The molecule has 1 amide bonds. The lowest BCUT2D eigenvalue weighted by atomic mass is 10.0. The summed E-state index contributed by atoms with van der Waals surface area (Å²) in [6, 6.07) is 43.4. The normalized spacial score (nSPS) is 10.1. The van der Waals surface area contributed by atoms with E-state index in [4.69, 9.17) is 17.3 Å². The van der Waals surface area contributed by atoms with E-state index in [0.29, 0.717) is 17.7 Å². The van der Waals surface area contributed by atoms with Crippen LogP contribution >= 0.6 is 34.3 Å². The van der Waals surface area contributed by atoms with Gasteiger partial charge in [0, 0.05) is 27.4 Å². The molecule has 2 aromatic heterocycles. The van der Waals surface area contributed by atoms with Crippen LogP contribution < -0.4 is 11.1 Å². The Morgan fingerprint density at radius 3 is 1.42 bits per heavy atom. The molecule has 0 saturated heterocycles. The third-order valence-corrected chi connectivity index (χ3v) is 8.77. The molecule has 0 fully saturated rings. The molecule has 2 heterocycles. The highest BCUT2D eigenvalue weighted by Crippen LogP contribution is 2.20. The number of nitrogens with one attached hydrogen (secondary N) is 1. The van der Waals surface area contributed by atoms with Crippen LogP contribution in [0, 0.1) is 0 Å². The van der Waals surface area contributed by atoms with Crippen molar-refractivity contribution in [3.05, 3.63) is 165 Å². The van der Waals surface area contributed by atoms with Gasteiger partial charge in [0.25, 0.3) is 11.1 Å². The summed E-state index contributed by atoms with van der Waals surface area (Å²) < 4.78 is 0. The van der Waals surface area contributed by atoms with Crippen molar-refractivity contribution in [3.8, 4) is 22.3 Å². The first kappa shape index (κ1) is 33.6. The second-order valence-corrected chi connectivity index (χ2v) is 12.3. The Morgan fingerprint density at radius 1 is 0.556 bits per heavy atom. The molecule has 0 radical (unpaired) electrons. The van der Waals surface area contributed by atoms with Crippen LogP contribution in [0.2, 0.25) is 0 Å². The summed E-state index contributed by atoms with van der Waals surface area (Å²) >= 11 is 8.85. The number of carbonyl (C=O) groups excluding carboxylic acids is 2. The van der Waals surface area contributed by atoms with Crippen molar-refractivity contribution >= 4 is 45.4 Å². The number of halogens is 1. The van der Waals surface area contributed by atoms with E-state index in [1.54, 1.807) is 34.8 Å². The molecule has 6 rings (SSSR count). The second kappa shape index (κ2) is 18.5. The Morgan fingerprint density at radius 2 is 1.00 bits per heavy atom. The number of amides is 1. The average Bonchev–Trinajstić information content (AvgIpc) is 3.82. The summed E-state index contributed by atoms with van der Waals surface area (Å²) in [4.78, 5) is 25.6. The quantitative estimate of drug-likeness (QED) is 0.153. The first-order valence-electron chi connectivity index (χ1n) is 14.6. The molecule has 0 spiro atoms. The SMILES string of the molecule is NCCc1cccs1.O=C(Cl)c1ccc(-c2ccccc2)cc1.O=C(NCCc1cccs1)c1ccc(-c2ccccc2)cc1. The zero-order chi connectivity index (χ0) is 31.7. The van der Waals surface area contributed by atoms with Crippen LogP contribution in [0.25, 0.3) is 22.3 Å². The Labute approximate surface area is 278 Å². The Kier molecular flexibility index (Phi) is 13.8. The first-order valence-corrected chi connectivity index (χ1v) is 16.7. The lowest BCUT2D eigenvalue weighted by Crippen LogP contribution is -2.25. The zero-order valence-electron chi connectivity index (χ0n) is 24.8. The van der Waals surface area contributed by atoms with Crippen molar-refractivity contribution in [2.75, 3.05) is 13.1 Å². The molecular weight excluding hydrogens is 616 g/mol. The van der Waals surface area contributed by atoms with Gasteiger partial charge in [-0.15, -0.1) is 22.7 Å². The van der Waals surface area contributed by atoms with Crippen LogP contribution in [0.15, 0.2) is 144 Å². The molecule has 45 heavy (non-hydrogen) atoms. The summed E-state index contributed by atoms with van der Waals surface area (Å²) in [5, 5.41) is 6.67. The molecule has 0 bridgehead atoms. The van der Waals surface area contributed by atoms with E-state index in [1.807, 2.05) is 91.0 Å². The van der Waals surface area contributed by atoms with Crippen LogP contribution in [0.3, 0.4) is 0 Å². The van der Waals surface area contributed by atoms with Crippen molar-refractivity contribution in [2.24, 2.45) is 5.73 Å². The zero-order valence-corrected chi connectivity index (χ0v) is 27.2. The third kappa shape index (κ3) is 11.3. The Balaban J connectivity index is 0.000000172. The van der Waals surface area contributed by atoms with E-state index in [9.17, 15) is 9.59 Å².